The summed E-state index contributed by atoms with van der Waals surface area (Å²) in [4.78, 5) is 10.9. The molecule has 1 aliphatic rings. The number of hydrogen-bond donors (Lipinski definition) is 1. The number of sulfonamides is 1. The summed E-state index contributed by atoms with van der Waals surface area (Å²) in [5, 5.41) is 8.94. The van der Waals surface area contributed by atoms with E-state index in [1.165, 1.54) is 0 Å². The molecular formula is C10H19NO4S. The maximum absolute atomic E-state index is 12.0. The first-order valence-corrected chi connectivity index (χ1v) is 6.97. The molecule has 1 rings (SSSR count). The molecule has 0 amide bonds. The van der Waals surface area contributed by atoms with Crippen molar-refractivity contribution in [2.75, 3.05) is 12.3 Å². The lowest BCUT2D eigenvalue weighted by Crippen LogP contribution is -2.43. The van der Waals surface area contributed by atoms with E-state index in [0.29, 0.717) is 19.4 Å². The minimum atomic E-state index is -3.46. The SMILES string of the molecule is CC(C)(C)CS(=O)(=O)N1CCCC1C(=O)O. The highest BCUT2D eigenvalue weighted by molar-refractivity contribution is 7.89. The fourth-order valence-corrected chi connectivity index (χ4v) is 4.20. The van der Waals surface area contributed by atoms with Gasteiger partial charge in [0, 0.05) is 6.54 Å². The molecule has 1 aliphatic heterocycles. The van der Waals surface area contributed by atoms with E-state index in [-0.39, 0.29) is 11.2 Å². The molecule has 0 aromatic carbocycles. The first-order chi connectivity index (χ1) is 7.13. The molecule has 1 unspecified atom stereocenters. The third-order valence-electron chi connectivity index (χ3n) is 2.46. The van der Waals surface area contributed by atoms with Crippen molar-refractivity contribution in [1.29, 1.82) is 0 Å². The Balaban J connectivity index is 2.87. The molecule has 0 saturated carbocycles. The molecule has 1 N–H and O–H groups in total. The van der Waals surface area contributed by atoms with Crippen molar-refractivity contribution in [2.24, 2.45) is 5.41 Å². The van der Waals surface area contributed by atoms with Crippen LogP contribution in [0.15, 0.2) is 0 Å². The van der Waals surface area contributed by atoms with E-state index in [0.717, 1.165) is 4.31 Å². The highest BCUT2D eigenvalue weighted by Gasteiger charge is 2.39. The monoisotopic (exact) mass is 249 g/mol. The van der Waals surface area contributed by atoms with Gasteiger partial charge in [-0.3, -0.25) is 4.79 Å². The molecule has 6 heteroatoms. The van der Waals surface area contributed by atoms with Crippen LogP contribution >= 0.6 is 0 Å². The van der Waals surface area contributed by atoms with Crippen LogP contribution in [0.5, 0.6) is 0 Å². The number of nitrogens with zero attached hydrogens (tertiary/aromatic N) is 1. The molecule has 16 heavy (non-hydrogen) atoms. The lowest BCUT2D eigenvalue weighted by molar-refractivity contribution is -0.140. The fourth-order valence-electron chi connectivity index (χ4n) is 1.95. The minimum absolute atomic E-state index is 0.0101. The minimum Gasteiger partial charge on any atom is -0.480 e. The van der Waals surface area contributed by atoms with E-state index in [1.54, 1.807) is 0 Å². The Bertz CT molecular complexity index is 369. The van der Waals surface area contributed by atoms with Crippen molar-refractivity contribution < 1.29 is 18.3 Å². The van der Waals surface area contributed by atoms with Crippen LogP contribution in [-0.4, -0.2) is 42.1 Å². The summed E-state index contributed by atoms with van der Waals surface area (Å²) in [5.74, 6) is -1.06. The quantitative estimate of drug-likeness (QED) is 0.806. The Hall–Kier alpha value is -0.620. The topological polar surface area (TPSA) is 74.7 Å². The van der Waals surface area contributed by atoms with Gasteiger partial charge in [0.05, 0.1) is 5.75 Å². The van der Waals surface area contributed by atoms with Gasteiger partial charge in [0.25, 0.3) is 0 Å². The third kappa shape index (κ3) is 3.18. The van der Waals surface area contributed by atoms with Crippen molar-refractivity contribution in [2.45, 2.75) is 39.7 Å². The Morgan fingerprint density at radius 1 is 1.44 bits per heavy atom. The van der Waals surface area contributed by atoms with Gasteiger partial charge in [-0.25, -0.2) is 8.42 Å². The molecular weight excluding hydrogens is 230 g/mol. The highest BCUT2D eigenvalue weighted by Crippen LogP contribution is 2.25. The van der Waals surface area contributed by atoms with Crippen LogP contribution in [0.3, 0.4) is 0 Å². The van der Waals surface area contributed by atoms with Gasteiger partial charge in [-0.05, 0) is 18.3 Å². The molecule has 0 bridgehead atoms. The largest absolute Gasteiger partial charge is 0.480 e. The zero-order valence-corrected chi connectivity index (χ0v) is 10.7. The van der Waals surface area contributed by atoms with Gasteiger partial charge >= 0.3 is 5.97 Å². The maximum atomic E-state index is 12.0. The van der Waals surface area contributed by atoms with Crippen LogP contribution in [0.4, 0.5) is 0 Å². The molecule has 1 saturated heterocycles. The first kappa shape index (κ1) is 13.4. The second-order valence-electron chi connectivity index (χ2n) is 5.42. The van der Waals surface area contributed by atoms with Crippen molar-refractivity contribution in [3.8, 4) is 0 Å². The van der Waals surface area contributed by atoms with E-state index in [9.17, 15) is 13.2 Å². The van der Waals surface area contributed by atoms with Crippen molar-refractivity contribution in [3.63, 3.8) is 0 Å². The second-order valence-corrected chi connectivity index (χ2v) is 7.35. The standard InChI is InChI=1S/C10H19NO4S/c1-10(2,3)7-16(14,15)11-6-4-5-8(11)9(12)13/h8H,4-7H2,1-3H3,(H,12,13). The van der Waals surface area contributed by atoms with Crippen LogP contribution in [0.25, 0.3) is 0 Å². The molecule has 1 heterocycles. The zero-order valence-electron chi connectivity index (χ0n) is 9.93. The van der Waals surface area contributed by atoms with Crippen LogP contribution in [0.1, 0.15) is 33.6 Å². The maximum Gasteiger partial charge on any atom is 0.322 e. The normalized spacial score (nSPS) is 23.6. The summed E-state index contributed by atoms with van der Waals surface area (Å²) in [7, 11) is -3.46. The van der Waals surface area contributed by atoms with Crippen molar-refractivity contribution >= 4 is 16.0 Å². The highest BCUT2D eigenvalue weighted by atomic mass is 32.2. The van der Waals surface area contributed by atoms with Gasteiger partial charge in [0.2, 0.25) is 10.0 Å². The van der Waals surface area contributed by atoms with Gasteiger partial charge in [-0.15, -0.1) is 0 Å². The van der Waals surface area contributed by atoms with E-state index in [2.05, 4.69) is 0 Å². The summed E-state index contributed by atoms with van der Waals surface area (Å²) >= 11 is 0. The lowest BCUT2D eigenvalue weighted by atomic mass is 10.0. The van der Waals surface area contributed by atoms with Gasteiger partial charge < -0.3 is 5.11 Å². The molecule has 0 spiro atoms. The van der Waals surface area contributed by atoms with E-state index < -0.39 is 22.0 Å². The van der Waals surface area contributed by atoms with Crippen LogP contribution < -0.4 is 0 Å². The molecule has 1 atom stereocenters. The molecule has 5 nitrogen and oxygen atoms in total. The smallest absolute Gasteiger partial charge is 0.322 e. The summed E-state index contributed by atoms with van der Waals surface area (Å²) in [6.45, 7) is 5.82. The summed E-state index contributed by atoms with van der Waals surface area (Å²) in [5.41, 5.74) is -0.357. The van der Waals surface area contributed by atoms with E-state index >= 15 is 0 Å². The van der Waals surface area contributed by atoms with Crippen molar-refractivity contribution in [3.05, 3.63) is 0 Å². The number of carboxylic acid groups (broad SMARTS) is 1. The summed E-state index contributed by atoms with van der Waals surface area (Å²) in [6, 6.07) is -0.868. The second kappa shape index (κ2) is 4.33. The fraction of sp³-hybridized carbons (Fsp3) is 0.900. The third-order valence-corrected chi connectivity index (χ3v) is 4.84. The number of carboxylic acids is 1. The number of aliphatic carboxylic acids is 1. The average Bonchev–Trinajstić information content (AvgIpc) is 2.45. The van der Waals surface area contributed by atoms with E-state index in [4.69, 9.17) is 5.11 Å². The van der Waals surface area contributed by atoms with E-state index in [1.807, 2.05) is 20.8 Å². The Morgan fingerprint density at radius 2 is 2.00 bits per heavy atom. The van der Waals surface area contributed by atoms with Gasteiger partial charge in [-0.2, -0.15) is 4.31 Å². The number of hydrogen-bond acceptors (Lipinski definition) is 3. The van der Waals surface area contributed by atoms with Gasteiger partial charge in [0.15, 0.2) is 0 Å². The van der Waals surface area contributed by atoms with Gasteiger partial charge in [0.1, 0.15) is 6.04 Å². The molecule has 0 aromatic heterocycles. The molecule has 1 fully saturated rings. The number of rotatable bonds is 3. The zero-order chi connectivity index (χ0) is 12.6. The first-order valence-electron chi connectivity index (χ1n) is 5.36. The Labute approximate surface area is 96.5 Å². The molecule has 0 aliphatic carbocycles. The van der Waals surface area contributed by atoms with Crippen LogP contribution in [0, 0.1) is 5.41 Å². The average molecular weight is 249 g/mol. The number of carbonyl (C=O) groups is 1. The van der Waals surface area contributed by atoms with Gasteiger partial charge in [-0.1, -0.05) is 20.8 Å². The Morgan fingerprint density at radius 3 is 2.44 bits per heavy atom. The summed E-state index contributed by atoms with van der Waals surface area (Å²) in [6.07, 6.45) is 1.04. The molecule has 94 valence electrons. The molecule has 0 radical (unpaired) electrons. The predicted octanol–water partition coefficient (Wildman–Crippen LogP) is 0.911. The lowest BCUT2D eigenvalue weighted by Gasteiger charge is -2.25. The van der Waals surface area contributed by atoms with Crippen LogP contribution in [0.2, 0.25) is 0 Å². The van der Waals surface area contributed by atoms with Crippen molar-refractivity contribution in [1.82, 2.24) is 4.31 Å². The molecule has 0 aromatic rings. The predicted molar refractivity (Wildman–Crippen MR) is 60.6 cm³/mol. The van der Waals surface area contributed by atoms with Crippen LogP contribution in [-0.2, 0) is 14.8 Å². The Kier molecular flexibility index (Phi) is 3.64. The summed E-state index contributed by atoms with van der Waals surface area (Å²) < 4.78 is 25.2.